The van der Waals surface area contributed by atoms with E-state index in [-0.39, 0.29) is 17.7 Å². The van der Waals surface area contributed by atoms with Gasteiger partial charge in [0.15, 0.2) is 5.76 Å². The van der Waals surface area contributed by atoms with E-state index in [0.29, 0.717) is 24.4 Å². The van der Waals surface area contributed by atoms with Crippen molar-refractivity contribution < 1.29 is 18.4 Å². The molecule has 0 bridgehead atoms. The quantitative estimate of drug-likeness (QED) is 0.939. The van der Waals surface area contributed by atoms with Crippen LogP contribution in [0.25, 0.3) is 0 Å². The van der Waals surface area contributed by atoms with Crippen LogP contribution >= 0.6 is 0 Å². The molecule has 2 amide bonds. The second kappa shape index (κ2) is 6.51. The molecule has 6 nitrogen and oxygen atoms in total. The number of nitrogens with zero attached hydrogens (tertiary/aromatic N) is 1. The van der Waals surface area contributed by atoms with Crippen LogP contribution < -0.4 is 5.32 Å². The second-order valence-electron chi connectivity index (χ2n) is 5.46. The molecule has 0 saturated carbocycles. The second-order valence-corrected chi connectivity index (χ2v) is 5.46. The topological polar surface area (TPSA) is 75.7 Å². The molecular weight excluding hydrogens is 284 g/mol. The fourth-order valence-electron chi connectivity index (χ4n) is 2.70. The minimum absolute atomic E-state index is 0.0872. The van der Waals surface area contributed by atoms with Gasteiger partial charge in [0.2, 0.25) is 0 Å². The maximum Gasteiger partial charge on any atom is 0.289 e. The average molecular weight is 302 g/mol. The van der Waals surface area contributed by atoms with Crippen LogP contribution in [0.4, 0.5) is 0 Å². The molecule has 0 radical (unpaired) electrons. The third-order valence-corrected chi connectivity index (χ3v) is 3.87. The lowest BCUT2D eigenvalue weighted by molar-refractivity contribution is 0.0639. The number of hydrogen-bond donors (Lipinski definition) is 1. The van der Waals surface area contributed by atoms with Gasteiger partial charge in [0, 0.05) is 19.6 Å². The molecule has 2 aromatic rings. The summed E-state index contributed by atoms with van der Waals surface area (Å²) in [5.41, 5.74) is 0.513. The highest BCUT2D eigenvalue weighted by Crippen LogP contribution is 2.18. The van der Waals surface area contributed by atoms with Crippen LogP contribution in [0.2, 0.25) is 0 Å². The summed E-state index contributed by atoms with van der Waals surface area (Å²) in [6.07, 6.45) is 6.31. The number of amides is 2. The van der Waals surface area contributed by atoms with E-state index in [1.165, 1.54) is 18.8 Å². The van der Waals surface area contributed by atoms with Crippen molar-refractivity contribution in [1.29, 1.82) is 0 Å². The van der Waals surface area contributed by atoms with E-state index < -0.39 is 0 Å². The van der Waals surface area contributed by atoms with E-state index >= 15 is 0 Å². The van der Waals surface area contributed by atoms with Crippen molar-refractivity contribution in [2.45, 2.75) is 12.8 Å². The molecule has 1 fully saturated rings. The molecule has 6 heteroatoms. The number of hydrogen-bond acceptors (Lipinski definition) is 4. The van der Waals surface area contributed by atoms with Crippen LogP contribution in [-0.2, 0) is 0 Å². The van der Waals surface area contributed by atoms with Crippen LogP contribution in [0.15, 0.2) is 45.8 Å². The van der Waals surface area contributed by atoms with Gasteiger partial charge in [-0.3, -0.25) is 9.59 Å². The standard InChI is InChI=1S/C16H18N2O4/c19-15(13-5-8-21-11-13)17-9-12-3-1-6-18(10-12)16(20)14-4-2-7-22-14/h2,4-5,7-8,11-12H,1,3,6,9-10H2,(H,17,19). The minimum Gasteiger partial charge on any atom is -0.472 e. The summed E-state index contributed by atoms with van der Waals surface area (Å²) in [6, 6.07) is 5.01. The molecule has 1 atom stereocenters. The lowest BCUT2D eigenvalue weighted by Crippen LogP contribution is -2.43. The Labute approximate surface area is 128 Å². The van der Waals surface area contributed by atoms with E-state index in [1.807, 2.05) is 0 Å². The van der Waals surface area contributed by atoms with E-state index in [0.717, 1.165) is 19.4 Å². The van der Waals surface area contributed by atoms with Gasteiger partial charge < -0.3 is 19.1 Å². The van der Waals surface area contributed by atoms with Crippen molar-refractivity contribution in [2.75, 3.05) is 19.6 Å². The summed E-state index contributed by atoms with van der Waals surface area (Å²) >= 11 is 0. The minimum atomic E-state index is -0.150. The highest BCUT2D eigenvalue weighted by atomic mass is 16.3. The summed E-state index contributed by atoms with van der Waals surface area (Å²) in [4.78, 5) is 25.9. The van der Waals surface area contributed by atoms with Crippen molar-refractivity contribution in [2.24, 2.45) is 5.92 Å². The van der Waals surface area contributed by atoms with Gasteiger partial charge in [-0.2, -0.15) is 0 Å². The first-order valence-corrected chi connectivity index (χ1v) is 7.37. The van der Waals surface area contributed by atoms with E-state index in [1.54, 1.807) is 23.1 Å². The molecule has 3 rings (SSSR count). The number of carbonyl (C=O) groups excluding carboxylic acids is 2. The van der Waals surface area contributed by atoms with Crippen LogP contribution in [0, 0.1) is 5.92 Å². The van der Waals surface area contributed by atoms with Crippen LogP contribution in [-0.4, -0.2) is 36.3 Å². The zero-order chi connectivity index (χ0) is 15.4. The first kappa shape index (κ1) is 14.4. The molecular formula is C16H18N2O4. The van der Waals surface area contributed by atoms with Crippen LogP contribution in [0.3, 0.4) is 0 Å². The summed E-state index contributed by atoms with van der Waals surface area (Å²) in [6.45, 7) is 1.91. The summed E-state index contributed by atoms with van der Waals surface area (Å²) in [5, 5.41) is 2.89. The molecule has 1 unspecified atom stereocenters. The SMILES string of the molecule is O=C(NCC1CCCN(C(=O)c2ccco2)C1)c1ccoc1. The lowest BCUT2D eigenvalue weighted by Gasteiger charge is -2.32. The average Bonchev–Trinajstić information content (AvgIpc) is 3.25. The zero-order valence-corrected chi connectivity index (χ0v) is 12.2. The van der Waals surface area contributed by atoms with Gasteiger partial charge in [0.25, 0.3) is 11.8 Å². The largest absolute Gasteiger partial charge is 0.472 e. The van der Waals surface area contributed by atoms with E-state index in [2.05, 4.69) is 5.32 Å². The van der Waals surface area contributed by atoms with Crippen molar-refractivity contribution in [1.82, 2.24) is 10.2 Å². The fraction of sp³-hybridized carbons (Fsp3) is 0.375. The molecule has 1 saturated heterocycles. The molecule has 116 valence electrons. The van der Waals surface area contributed by atoms with E-state index in [4.69, 9.17) is 8.83 Å². The maximum absolute atomic E-state index is 12.3. The highest BCUT2D eigenvalue weighted by molar-refractivity contribution is 5.93. The Morgan fingerprint density at radius 3 is 2.95 bits per heavy atom. The predicted octanol–water partition coefficient (Wildman–Crippen LogP) is 2.15. The van der Waals surface area contributed by atoms with E-state index in [9.17, 15) is 9.59 Å². The first-order chi connectivity index (χ1) is 10.7. The summed E-state index contributed by atoms with van der Waals surface area (Å²) in [5.74, 6) is 0.380. The molecule has 3 heterocycles. The number of likely N-dealkylation sites (tertiary alicyclic amines) is 1. The van der Waals surface area contributed by atoms with Gasteiger partial charge in [-0.1, -0.05) is 0 Å². The predicted molar refractivity (Wildman–Crippen MR) is 78.4 cm³/mol. The van der Waals surface area contributed by atoms with Gasteiger partial charge in [-0.25, -0.2) is 0 Å². The lowest BCUT2D eigenvalue weighted by atomic mass is 9.97. The molecule has 1 aliphatic rings. The van der Waals surface area contributed by atoms with Crippen molar-refractivity contribution in [3.63, 3.8) is 0 Å². The molecule has 1 N–H and O–H groups in total. The molecule has 0 spiro atoms. The first-order valence-electron chi connectivity index (χ1n) is 7.37. The number of piperidine rings is 1. The summed E-state index contributed by atoms with van der Waals surface area (Å²) in [7, 11) is 0. The van der Waals surface area contributed by atoms with Crippen LogP contribution in [0.5, 0.6) is 0 Å². The fourth-order valence-corrected chi connectivity index (χ4v) is 2.70. The normalized spacial score (nSPS) is 18.2. The Hall–Kier alpha value is -2.50. The highest BCUT2D eigenvalue weighted by Gasteiger charge is 2.26. The molecule has 2 aromatic heterocycles. The molecule has 1 aliphatic heterocycles. The van der Waals surface area contributed by atoms with Gasteiger partial charge in [-0.15, -0.1) is 0 Å². The zero-order valence-electron chi connectivity index (χ0n) is 12.2. The van der Waals surface area contributed by atoms with Crippen molar-refractivity contribution in [3.8, 4) is 0 Å². The third-order valence-electron chi connectivity index (χ3n) is 3.87. The number of furan rings is 2. The Morgan fingerprint density at radius 1 is 1.32 bits per heavy atom. The summed E-state index contributed by atoms with van der Waals surface area (Å²) < 4.78 is 10.1. The molecule has 22 heavy (non-hydrogen) atoms. The van der Waals surface area contributed by atoms with Crippen LogP contribution in [0.1, 0.15) is 33.8 Å². The number of rotatable bonds is 4. The maximum atomic E-state index is 12.3. The molecule has 0 aliphatic carbocycles. The Balaban J connectivity index is 1.52. The number of carbonyl (C=O) groups is 2. The number of nitrogens with one attached hydrogen (secondary N) is 1. The van der Waals surface area contributed by atoms with Gasteiger partial charge in [0.1, 0.15) is 6.26 Å². The Morgan fingerprint density at radius 2 is 2.23 bits per heavy atom. The van der Waals surface area contributed by atoms with Crippen molar-refractivity contribution in [3.05, 3.63) is 48.3 Å². The van der Waals surface area contributed by atoms with Gasteiger partial charge in [-0.05, 0) is 37.0 Å². The van der Waals surface area contributed by atoms with Gasteiger partial charge >= 0.3 is 0 Å². The van der Waals surface area contributed by atoms with Gasteiger partial charge in [0.05, 0.1) is 18.1 Å². The smallest absolute Gasteiger partial charge is 0.289 e. The Kier molecular flexibility index (Phi) is 4.27. The third kappa shape index (κ3) is 3.21. The van der Waals surface area contributed by atoms with Crippen molar-refractivity contribution >= 4 is 11.8 Å². The molecule has 0 aromatic carbocycles. The Bertz CT molecular complexity index is 619. The monoisotopic (exact) mass is 302 g/mol.